The lowest BCUT2D eigenvalue weighted by Gasteiger charge is -2.13. The molecule has 2 rings (SSSR count). The maximum atomic E-state index is 11.8. The highest BCUT2D eigenvalue weighted by Crippen LogP contribution is 2.21. The number of nitrogens with zero attached hydrogens (tertiary/aromatic N) is 1. The number of amides is 1. The molecule has 0 spiro atoms. The maximum absolute atomic E-state index is 11.8. The molecule has 0 heterocycles. The zero-order chi connectivity index (χ0) is 13.0. The summed E-state index contributed by atoms with van der Waals surface area (Å²) in [6.07, 6.45) is 7.10. The first-order chi connectivity index (χ1) is 8.65. The third kappa shape index (κ3) is 3.36. The second kappa shape index (κ2) is 5.71. The molecule has 0 fully saturated rings. The van der Waals surface area contributed by atoms with Crippen molar-refractivity contribution in [3.05, 3.63) is 36.4 Å². The van der Waals surface area contributed by atoms with E-state index in [0.717, 1.165) is 24.2 Å². The van der Waals surface area contributed by atoms with Crippen LogP contribution in [0.1, 0.15) is 19.3 Å². The van der Waals surface area contributed by atoms with Crippen molar-refractivity contribution in [2.24, 2.45) is 5.92 Å². The highest BCUT2D eigenvalue weighted by atomic mass is 16.1. The first kappa shape index (κ1) is 12.7. The Kier molecular flexibility index (Phi) is 4.03. The number of rotatable bonds is 4. The molecule has 1 atom stereocenters. The molecule has 1 aromatic rings. The fourth-order valence-electron chi connectivity index (χ4n) is 2.16. The molecule has 96 valence electrons. The van der Waals surface area contributed by atoms with Crippen LogP contribution in [-0.4, -0.2) is 20.0 Å². The van der Waals surface area contributed by atoms with E-state index in [1.165, 1.54) is 0 Å². The number of benzene rings is 1. The lowest BCUT2D eigenvalue weighted by Crippen LogP contribution is -2.15. The topological polar surface area (TPSA) is 32.3 Å². The van der Waals surface area contributed by atoms with Crippen molar-refractivity contribution in [3.8, 4) is 0 Å². The fourth-order valence-corrected chi connectivity index (χ4v) is 2.16. The van der Waals surface area contributed by atoms with Gasteiger partial charge in [0.05, 0.1) is 0 Å². The van der Waals surface area contributed by atoms with E-state index in [1.807, 2.05) is 43.3 Å². The first-order valence-electron chi connectivity index (χ1n) is 6.39. The number of hydrogen-bond donors (Lipinski definition) is 1. The van der Waals surface area contributed by atoms with E-state index in [1.54, 1.807) is 0 Å². The van der Waals surface area contributed by atoms with Gasteiger partial charge in [-0.2, -0.15) is 0 Å². The van der Waals surface area contributed by atoms with Gasteiger partial charge in [-0.05, 0) is 43.0 Å². The molecule has 0 unspecified atom stereocenters. The standard InChI is InChI=1S/C15H20N2O/c1-17(2)14-9-7-13(8-10-14)16-15(18)11-12-5-3-4-6-12/h3,5,7-10,12H,4,6,11H2,1-2H3,(H,16,18)/t12-/m0/s1. The van der Waals surface area contributed by atoms with Gasteiger partial charge in [0, 0.05) is 31.9 Å². The SMILES string of the molecule is CN(C)c1ccc(NC(=O)C[C@H]2C=CCC2)cc1. The van der Waals surface area contributed by atoms with Gasteiger partial charge in [-0.25, -0.2) is 0 Å². The van der Waals surface area contributed by atoms with Gasteiger partial charge >= 0.3 is 0 Å². The van der Waals surface area contributed by atoms with Crippen LogP contribution in [0.2, 0.25) is 0 Å². The average Bonchev–Trinajstić information content (AvgIpc) is 2.82. The zero-order valence-electron chi connectivity index (χ0n) is 11.0. The fraction of sp³-hybridized carbons (Fsp3) is 0.400. The van der Waals surface area contributed by atoms with Crippen LogP contribution in [0.15, 0.2) is 36.4 Å². The molecule has 0 radical (unpaired) electrons. The Labute approximate surface area is 108 Å². The summed E-state index contributed by atoms with van der Waals surface area (Å²) < 4.78 is 0. The van der Waals surface area contributed by atoms with Gasteiger partial charge < -0.3 is 10.2 Å². The highest BCUT2D eigenvalue weighted by Gasteiger charge is 2.13. The molecule has 0 aliphatic heterocycles. The van der Waals surface area contributed by atoms with Crippen LogP contribution >= 0.6 is 0 Å². The van der Waals surface area contributed by atoms with E-state index < -0.39 is 0 Å². The zero-order valence-corrected chi connectivity index (χ0v) is 11.0. The summed E-state index contributed by atoms with van der Waals surface area (Å²) in [6.45, 7) is 0. The molecule has 1 N–H and O–H groups in total. The van der Waals surface area contributed by atoms with Crippen LogP contribution in [0.4, 0.5) is 11.4 Å². The molecule has 3 nitrogen and oxygen atoms in total. The third-order valence-electron chi connectivity index (χ3n) is 3.23. The quantitative estimate of drug-likeness (QED) is 0.826. The Hall–Kier alpha value is -1.77. The summed E-state index contributed by atoms with van der Waals surface area (Å²) in [5.74, 6) is 0.523. The van der Waals surface area contributed by atoms with Crippen LogP contribution in [0.5, 0.6) is 0 Å². The summed E-state index contributed by atoms with van der Waals surface area (Å²) in [5, 5.41) is 2.94. The summed E-state index contributed by atoms with van der Waals surface area (Å²) in [6, 6.07) is 7.89. The van der Waals surface area contributed by atoms with Crippen molar-refractivity contribution in [2.75, 3.05) is 24.3 Å². The minimum atomic E-state index is 0.101. The molecular formula is C15H20N2O. The van der Waals surface area contributed by atoms with E-state index in [9.17, 15) is 4.79 Å². The number of carbonyl (C=O) groups excluding carboxylic acids is 1. The van der Waals surface area contributed by atoms with Gasteiger partial charge in [0.25, 0.3) is 0 Å². The van der Waals surface area contributed by atoms with Crippen LogP contribution < -0.4 is 10.2 Å². The normalized spacial score (nSPS) is 17.8. The molecular weight excluding hydrogens is 224 g/mol. The predicted molar refractivity (Wildman–Crippen MR) is 75.9 cm³/mol. The van der Waals surface area contributed by atoms with Gasteiger partial charge in [0.2, 0.25) is 5.91 Å². The van der Waals surface area contributed by atoms with Crippen molar-refractivity contribution in [1.82, 2.24) is 0 Å². The molecule has 0 saturated carbocycles. The second-order valence-electron chi connectivity index (χ2n) is 4.96. The average molecular weight is 244 g/mol. The van der Waals surface area contributed by atoms with E-state index in [4.69, 9.17) is 0 Å². The lowest BCUT2D eigenvalue weighted by atomic mass is 10.1. The number of allylic oxidation sites excluding steroid dienone is 2. The number of carbonyl (C=O) groups is 1. The van der Waals surface area contributed by atoms with Gasteiger partial charge in [0.1, 0.15) is 0 Å². The summed E-state index contributed by atoms with van der Waals surface area (Å²) in [4.78, 5) is 13.9. The molecule has 0 saturated heterocycles. The van der Waals surface area contributed by atoms with Gasteiger partial charge in [-0.1, -0.05) is 12.2 Å². The lowest BCUT2D eigenvalue weighted by molar-refractivity contribution is -0.116. The number of anilines is 2. The maximum Gasteiger partial charge on any atom is 0.224 e. The highest BCUT2D eigenvalue weighted by molar-refractivity contribution is 5.91. The molecule has 18 heavy (non-hydrogen) atoms. The molecule has 1 aliphatic carbocycles. The molecule has 1 aromatic carbocycles. The summed E-state index contributed by atoms with van der Waals surface area (Å²) in [5.41, 5.74) is 2.00. The van der Waals surface area contributed by atoms with Crippen molar-refractivity contribution < 1.29 is 4.79 Å². The van der Waals surface area contributed by atoms with Crippen molar-refractivity contribution in [3.63, 3.8) is 0 Å². The van der Waals surface area contributed by atoms with Gasteiger partial charge in [-0.3, -0.25) is 4.79 Å². The molecule has 1 aliphatic rings. The number of nitrogens with one attached hydrogen (secondary N) is 1. The minimum Gasteiger partial charge on any atom is -0.378 e. The second-order valence-corrected chi connectivity index (χ2v) is 4.96. The Morgan fingerprint density at radius 2 is 2.06 bits per heavy atom. The molecule has 0 aromatic heterocycles. The third-order valence-corrected chi connectivity index (χ3v) is 3.23. The van der Waals surface area contributed by atoms with Crippen LogP contribution in [0.25, 0.3) is 0 Å². The van der Waals surface area contributed by atoms with E-state index in [-0.39, 0.29) is 5.91 Å². The van der Waals surface area contributed by atoms with Crippen molar-refractivity contribution in [2.45, 2.75) is 19.3 Å². The Morgan fingerprint density at radius 3 is 2.61 bits per heavy atom. The van der Waals surface area contributed by atoms with Gasteiger partial charge in [-0.15, -0.1) is 0 Å². The Morgan fingerprint density at radius 1 is 1.33 bits per heavy atom. The Bertz CT molecular complexity index is 434. The molecule has 3 heteroatoms. The predicted octanol–water partition coefficient (Wildman–Crippen LogP) is 3.05. The van der Waals surface area contributed by atoms with Crippen LogP contribution in [0.3, 0.4) is 0 Å². The monoisotopic (exact) mass is 244 g/mol. The van der Waals surface area contributed by atoms with Crippen LogP contribution in [0, 0.1) is 5.92 Å². The first-order valence-corrected chi connectivity index (χ1v) is 6.39. The molecule has 1 amide bonds. The summed E-state index contributed by atoms with van der Waals surface area (Å²) in [7, 11) is 4.00. The smallest absolute Gasteiger partial charge is 0.224 e. The van der Waals surface area contributed by atoms with E-state index >= 15 is 0 Å². The van der Waals surface area contributed by atoms with Crippen molar-refractivity contribution in [1.29, 1.82) is 0 Å². The van der Waals surface area contributed by atoms with Gasteiger partial charge in [0.15, 0.2) is 0 Å². The number of hydrogen-bond acceptors (Lipinski definition) is 2. The van der Waals surface area contributed by atoms with E-state index in [2.05, 4.69) is 17.5 Å². The Balaban J connectivity index is 1.88. The summed E-state index contributed by atoms with van der Waals surface area (Å²) >= 11 is 0. The molecule has 0 bridgehead atoms. The minimum absolute atomic E-state index is 0.101. The largest absolute Gasteiger partial charge is 0.378 e. The van der Waals surface area contributed by atoms with E-state index in [0.29, 0.717) is 12.3 Å². The van der Waals surface area contributed by atoms with Crippen molar-refractivity contribution >= 4 is 17.3 Å². The van der Waals surface area contributed by atoms with Crippen LogP contribution in [-0.2, 0) is 4.79 Å².